The van der Waals surface area contributed by atoms with E-state index < -0.39 is 16.0 Å². The molecule has 0 bridgehead atoms. The molecule has 0 aliphatic rings. The molecule has 7 nitrogen and oxygen atoms in total. The van der Waals surface area contributed by atoms with Gasteiger partial charge in [0.1, 0.15) is 5.82 Å². The number of carbonyl (C=O) groups is 1. The van der Waals surface area contributed by atoms with Gasteiger partial charge in [-0.05, 0) is 6.92 Å². The maximum Gasteiger partial charge on any atom is 0.304 e. The Bertz CT molecular complexity index is 501. The highest BCUT2D eigenvalue weighted by Gasteiger charge is 2.24. The molecular formula is C9H15N3O4S. The highest BCUT2D eigenvalue weighted by Crippen LogP contribution is 2.13. The maximum atomic E-state index is 12.0. The van der Waals surface area contributed by atoms with E-state index in [4.69, 9.17) is 5.11 Å². The number of imidazole rings is 1. The van der Waals surface area contributed by atoms with Crippen molar-refractivity contribution >= 4 is 16.0 Å². The first kappa shape index (κ1) is 13.7. The zero-order valence-electron chi connectivity index (χ0n) is 9.91. The topological polar surface area (TPSA) is 92.5 Å². The molecule has 0 radical (unpaired) electrons. The molecule has 0 amide bonds. The van der Waals surface area contributed by atoms with Crippen LogP contribution in [-0.4, -0.2) is 46.9 Å². The molecule has 1 heterocycles. The van der Waals surface area contributed by atoms with E-state index in [1.807, 2.05) is 0 Å². The lowest BCUT2D eigenvalue weighted by atomic mass is 10.4. The third-order valence-electron chi connectivity index (χ3n) is 2.40. The smallest absolute Gasteiger partial charge is 0.304 e. The maximum absolute atomic E-state index is 12.0. The molecule has 0 spiro atoms. The molecule has 0 aliphatic carbocycles. The molecule has 1 rings (SSSR count). The van der Waals surface area contributed by atoms with Gasteiger partial charge < -0.3 is 9.67 Å². The third-order valence-corrected chi connectivity index (χ3v) is 4.13. The average molecular weight is 261 g/mol. The Balaban J connectivity index is 2.91. The first-order chi connectivity index (χ1) is 7.75. The molecule has 1 aromatic heterocycles. The number of aryl methyl sites for hydroxylation is 2. The van der Waals surface area contributed by atoms with E-state index in [1.54, 1.807) is 18.5 Å². The van der Waals surface area contributed by atoms with Gasteiger partial charge in [0.25, 0.3) is 10.0 Å². The number of nitrogens with zero attached hydrogens (tertiary/aromatic N) is 3. The van der Waals surface area contributed by atoms with Crippen LogP contribution in [0.1, 0.15) is 12.2 Å². The second kappa shape index (κ2) is 4.84. The molecule has 0 fully saturated rings. The van der Waals surface area contributed by atoms with Gasteiger partial charge in [0.15, 0.2) is 5.03 Å². The molecule has 8 heteroatoms. The summed E-state index contributed by atoms with van der Waals surface area (Å²) in [5, 5.41) is 8.44. The molecular weight excluding hydrogens is 246 g/mol. The van der Waals surface area contributed by atoms with Crippen LogP contribution in [0.3, 0.4) is 0 Å². The standard InChI is InChI=1S/C9H15N3O4S/c1-7-10-8(6-11(7)2)17(15,16)12(3)5-4-9(13)14/h6H,4-5H2,1-3H3,(H,13,14). The zero-order chi connectivity index (χ0) is 13.2. The van der Waals surface area contributed by atoms with Crippen LogP contribution in [0.25, 0.3) is 0 Å². The molecule has 0 unspecified atom stereocenters. The lowest BCUT2D eigenvalue weighted by Gasteiger charge is -2.13. The number of hydrogen-bond acceptors (Lipinski definition) is 4. The third kappa shape index (κ3) is 3.04. The van der Waals surface area contributed by atoms with Gasteiger partial charge in [0.05, 0.1) is 6.42 Å². The van der Waals surface area contributed by atoms with E-state index in [1.165, 1.54) is 13.2 Å². The van der Waals surface area contributed by atoms with Crippen LogP contribution in [-0.2, 0) is 21.9 Å². The molecule has 0 aliphatic heterocycles. The SMILES string of the molecule is Cc1nc(S(=O)(=O)N(C)CCC(=O)O)cn1C. The second-order valence-electron chi connectivity index (χ2n) is 3.71. The van der Waals surface area contributed by atoms with Crippen molar-refractivity contribution in [3.63, 3.8) is 0 Å². The average Bonchev–Trinajstić information content (AvgIpc) is 2.56. The Labute approximate surface area is 99.7 Å². The van der Waals surface area contributed by atoms with Crippen molar-refractivity contribution in [2.24, 2.45) is 7.05 Å². The Morgan fingerprint density at radius 3 is 2.59 bits per heavy atom. The minimum atomic E-state index is -3.70. The van der Waals surface area contributed by atoms with Crippen molar-refractivity contribution in [1.29, 1.82) is 0 Å². The van der Waals surface area contributed by atoms with Crippen LogP contribution in [0, 0.1) is 6.92 Å². The van der Waals surface area contributed by atoms with Crippen molar-refractivity contribution in [2.75, 3.05) is 13.6 Å². The number of carboxylic acids is 1. The summed E-state index contributed by atoms with van der Waals surface area (Å²) in [4.78, 5) is 14.3. The van der Waals surface area contributed by atoms with Gasteiger partial charge in [-0.2, -0.15) is 4.31 Å². The van der Waals surface area contributed by atoms with Crippen molar-refractivity contribution in [1.82, 2.24) is 13.9 Å². The number of aliphatic carboxylic acids is 1. The van der Waals surface area contributed by atoms with E-state index >= 15 is 0 Å². The Morgan fingerprint density at radius 1 is 1.59 bits per heavy atom. The van der Waals surface area contributed by atoms with Crippen LogP contribution in [0.4, 0.5) is 0 Å². The van der Waals surface area contributed by atoms with Gasteiger partial charge in [-0.25, -0.2) is 13.4 Å². The van der Waals surface area contributed by atoms with Crippen LogP contribution >= 0.6 is 0 Å². The zero-order valence-corrected chi connectivity index (χ0v) is 10.7. The lowest BCUT2D eigenvalue weighted by molar-refractivity contribution is -0.137. The fourth-order valence-corrected chi connectivity index (χ4v) is 2.37. The fourth-order valence-electron chi connectivity index (χ4n) is 1.18. The quantitative estimate of drug-likeness (QED) is 0.794. The first-order valence-corrected chi connectivity index (χ1v) is 6.37. The van der Waals surface area contributed by atoms with Gasteiger partial charge in [-0.15, -0.1) is 0 Å². The summed E-state index contributed by atoms with van der Waals surface area (Å²) in [5.41, 5.74) is 0. The van der Waals surface area contributed by atoms with E-state index in [0.717, 1.165) is 4.31 Å². The molecule has 0 aromatic carbocycles. The van der Waals surface area contributed by atoms with Crippen LogP contribution in [0.5, 0.6) is 0 Å². The van der Waals surface area contributed by atoms with Crippen molar-refractivity contribution < 1.29 is 18.3 Å². The summed E-state index contributed by atoms with van der Waals surface area (Å²) in [7, 11) is -0.670. The summed E-state index contributed by atoms with van der Waals surface area (Å²) >= 11 is 0. The number of rotatable bonds is 5. The fraction of sp³-hybridized carbons (Fsp3) is 0.556. The van der Waals surface area contributed by atoms with Gasteiger partial charge in [-0.3, -0.25) is 4.79 Å². The summed E-state index contributed by atoms with van der Waals surface area (Å²) in [6, 6.07) is 0. The summed E-state index contributed by atoms with van der Waals surface area (Å²) in [5.74, 6) is -0.459. The molecule has 17 heavy (non-hydrogen) atoms. The summed E-state index contributed by atoms with van der Waals surface area (Å²) < 4.78 is 26.5. The molecule has 0 saturated heterocycles. The van der Waals surface area contributed by atoms with E-state index in [9.17, 15) is 13.2 Å². The largest absolute Gasteiger partial charge is 0.481 e. The number of hydrogen-bond donors (Lipinski definition) is 1. The molecule has 0 saturated carbocycles. The Kier molecular flexibility index (Phi) is 3.89. The predicted molar refractivity (Wildman–Crippen MR) is 60.0 cm³/mol. The number of sulfonamides is 1. The minimum absolute atomic E-state index is 0.0645. The van der Waals surface area contributed by atoms with Crippen molar-refractivity contribution in [3.05, 3.63) is 12.0 Å². The second-order valence-corrected chi connectivity index (χ2v) is 5.70. The highest BCUT2D eigenvalue weighted by atomic mass is 32.2. The van der Waals surface area contributed by atoms with Gasteiger partial charge >= 0.3 is 5.97 Å². The summed E-state index contributed by atoms with van der Waals surface area (Å²) in [6.07, 6.45) is 1.17. The lowest BCUT2D eigenvalue weighted by Crippen LogP contribution is -2.29. The molecule has 0 atom stereocenters. The van der Waals surface area contributed by atoms with Crippen LogP contribution in [0.15, 0.2) is 11.2 Å². The summed E-state index contributed by atoms with van der Waals surface area (Å²) in [6.45, 7) is 1.61. The predicted octanol–water partition coefficient (Wildman–Crippen LogP) is -0.176. The molecule has 96 valence electrons. The first-order valence-electron chi connectivity index (χ1n) is 4.93. The molecule has 1 N–H and O–H groups in total. The van der Waals surface area contributed by atoms with Crippen LogP contribution < -0.4 is 0 Å². The normalized spacial score (nSPS) is 12.0. The van der Waals surface area contributed by atoms with Gasteiger partial charge in [-0.1, -0.05) is 0 Å². The van der Waals surface area contributed by atoms with Gasteiger partial charge in [0, 0.05) is 26.8 Å². The Morgan fingerprint density at radius 2 is 2.18 bits per heavy atom. The van der Waals surface area contributed by atoms with E-state index in [-0.39, 0.29) is 18.0 Å². The van der Waals surface area contributed by atoms with Crippen molar-refractivity contribution in [2.45, 2.75) is 18.4 Å². The highest BCUT2D eigenvalue weighted by molar-refractivity contribution is 7.89. The van der Waals surface area contributed by atoms with Gasteiger partial charge in [0.2, 0.25) is 0 Å². The van der Waals surface area contributed by atoms with Crippen molar-refractivity contribution in [3.8, 4) is 0 Å². The number of aromatic nitrogens is 2. The Hall–Kier alpha value is -1.41. The molecule has 1 aromatic rings. The van der Waals surface area contributed by atoms with Crippen LogP contribution in [0.2, 0.25) is 0 Å². The number of carboxylic acid groups (broad SMARTS) is 1. The van der Waals surface area contributed by atoms with E-state index in [2.05, 4.69) is 4.98 Å². The monoisotopic (exact) mass is 261 g/mol. The van der Waals surface area contributed by atoms with E-state index in [0.29, 0.717) is 5.82 Å². The minimum Gasteiger partial charge on any atom is -0.481 e.